The molecule has 1 saturated heterocycles. The Hall–Kier alpha value is -0.610. The molecule has 0 bridgehead atoms. The fourth-order valence-corrected chi connectivity index (χ4v) is 2.84. The van der Waals surface area contributed by atoms with Gasteiger partial charge in [-0.05, 0) is 65.3 Å². The Labute approximate surface area is 104 Å². The van der Waals surface area contributed by atoms with Gasteiger partial charge >= 0.3 is 5.97 Å². The lowest BCUT2D eigenvalue weighted by atomic mass is 9.94. The van der Waals surface area contributed by atoms with Crippen molar-refractivity contribution < 1.29 is 9.90 Å². The van der Waals surface area contributed by atoms with Crippen molar-refractivity contribution in [2.24, 2.45) is 11.8 Å². The topological polar surface area (TPSA) is 43.8 Å². The second-order valence-electron chi connectivity index (χ2n) is 5.76. The molecular weight excluding hydrogens is 216 g/mol. The van der Waals surface area contributed by atoms with Crippen LogP contribution in [0.3, 0.4) is 0 Å². The third-order valence-corrected chi connectivity index (χ3v) is 4.37. The summed E-state index contributed by atoms with van der Waals surface area (Å²) in [6.07, 6.45) is 4.68. The van der Waals surface area contributed by atoms with Gasteiger partial charge in [-0.2, -0.15) is 0 Å². The van der Waals surface area contributed by atoms with Crippen molar-refractivity contribution in [2.75, 3.05) is 33.7 Å². The number of carboxylic acids is 1. The normalized spacial score (nSPS) is 30.8. The van der Waals surface area contributed by atoms with Crippen molar-refractivity contribution >= 4 is 5.97 Å². The molecule has 98 valence electrons. The van der Waals surface area contributed by atoms with Crippen molar-refractivity contribution in [3.63, 3.8) is 0 Å². The summed E-state index contributed by atoms with van der Waals surface area (Å²) in [7, 11) is 4.26. The highest BCUT2D eigenvalue weighted by molar-refractivity contribution is 5.74. The van der Waals surface area contributed by atoms with E-state index in [2.05, 4.69) is 23.9 Å². The van der Waals surface area contributed by atoms with E-state index < -0.39 is 5.97 Å². The number of nitrogens with zero attached hydrogens (tertiary/aromatic N) is 2. The first-order valence-electron chi connectivity index (χ1n) is 6.69. The third kappa shape index (κ3) is 3.42. The highest BCUT2D eigenvalue weighted by Crippen LogP contribution is 2.35. The number of hydrogen-bond donors (Lipinski definition) is 1. The quantitative estimate of drug-likeness (QED) is 0.782. The number of carbonyl (C=O) groups is 1. The van der Waals surface area contributed by atoms with Crippen LogP contribution in [-0.2, 0) is 4.79 Å². The van der Waals surface area contributed by atoms with Gasteiger partial charge in [0.1, 0.15) is 0 Å². The molecule has 17 heavy (non-hydrogen) atoms. The van der Waals surface area contributed by atoms with Crippen molar-refractivity contribution in [3.8, 4) is 0 Å². The van der Waals surface area contributed by atoms with Gasteiger partial charge < -0.3 is 14.9 Å². The van der Waals surface area contributed by atoms with Crippen LogP contribution in [0.4, 0.5) is 0 Å². The molecule has 4 heteroatoms. The minimum absolute atomic E-state index is 0.0995. The third-order valence-electron chi connectivity index (χ3n) is 4.37. The van der Waals surface area contributed by atoms with E-state index in [1.165, 1.54) is 32.4 Å². The van der Waals surface area contributed by atoms with Crippen molar-refractivity contribution in [1.29, 1.82) is 0 Å². The molecule has 1 heterocycles. The van der Waals surface area contributed by atoms with Gasteiger partial charge in [-0.25, -0.2) is 0 Å². The summed E-state index contributed by atoms with van der Waals surface area (Å²) in [5.74, 6) is 0.120. The average molecular weight is 240 g/mol. The van der Waals surface area contributed by atoms with E-state index >= 15 is 0 Å². The lowest BCUT2D eigenvalue weighted by Crippen LogP contribution is -2.32. The van der Waals surface area contributed by atoms with Crippen molar-refractivity contribution in [1.82, 2.24) is 9.80 Å². The van der Waals surface area contributed by atoms with Gasteiger partial charge in [-0.15, -0.1) is 0 Å². The number of piperidine rings is 1. The van der Waals surface area contributed by atoms with E-state index in [9.17, 15) is 4.79 Å². The molecule has 0 aromatic heterocycles. The van der Waals surface area contributed by atoms with E-state index in [0.717, 1.165) is 18.9 Å². The largest absolute Gasteiger partial charge is 0.481 e. The Morgan fingerprint density at radius 3 is 2.59 bits per heavy atom. The van der Waals surface area contributed by atoms with Gasteiger partial charge in [0.05, 0.1) is 5.92 Å². The molecule has 2 unspecified atom stereocenters. The van der Waals surface area contributed by atoms with E-state index in [4.69, 9.17) is 5.11 Å². The maximum atomic E-state index is 10.8. The zero-order valence-electron chi connectivity index (χ0n) is 10.9. The molecule has 2 rings (SSSR count). The summed E-state index contributed by atoms with van der Waals surface area (Å²) < 4.78 is 0. The van der Waals surface area contributed by atoms with Crippen LogP contribution >= 0.6 is 0 Å². The Morgan fingerprint density at radius 2 is 2.06 bits per heavy atom. The SMILES string of the molecule is CN1CCC(CCN(C)C2CC2C(=O)O)CC1. The molecule has 1 aliphatic heterocycles. The van der Waals surface area contributed by atoms with Crippen LogP contribution in [0.2, 0.25) is 0 Å². The molecule has 0 aromatic carbocycles. The number of rotatable bonds is 5. The lowest BCUT2D eigenvalue weighted by molar-refractivity contribution is -0.138. The van der Waals surface area contributed by atoms with Crippen molar-refractivity contribution in [3.05, 3.63) is 0 Å². The zero-order chi connectivity index (χ0) is 12.4. The minimum Gasteiger partial charge on any atom is -0.481 e. The van der Waals surface area contributed by atoms with Crippen LogP contribution in [0.15, 0.2) is 0 Å². The first-order chi connectivity index (χ1) is 8.08. The number of carboxylic acid groups (broad SMARTS) is 1. The van der Waals surface area contributed by atoms with Crippen LogP contribution in [0, 0.1) is 11.8 Å². The molecule has 4 nitrogen and oxygen atoms in total. The summed E-state index contributed by atoms with van der Waals surface area (Å²) in [5.41, 5.74) is 0. The van der Waals surface area contributed by atoms with E-state index in [1.54, 1.807) is 0 Å². The Bertz CT molecular complexity index is 275. The van der Waals surface area contributed by atoms with Crippen LogP contribution in [0.25, 0.3) is 0 Å². The summed E-state index contributed by atoms with van der Waals surface area (Å²) in [6.45, 7) is 3.49. The van der Waals surface area contributed by atoms with Gasteiger partial charge in [-0.1, -0.05) is 0 Å². The van der Waals surface area contributed by atoms with Gasteiger partial charge in [-0.3, -0.25) is 4.79 Å². The maximum absolute atomic E-state index is 10.8. The molecule has 2 fully saturated rings. The average Bonchev–Trinajstić information content (AvgIpc) is 3.08. The Balaban J connectivity index is 1.64. The molecule has 0 radical (unpaired) electrons. The predicted octanol–water partition coefficient (Wildman–Crippen LogP) is 1.12. The number of hydrogen-bond acceptors (Lipinski definition) is 3. The van der Waals surface area contributed by atoms with Gasteiger partial charge in [0.25, 0.3) is 0 Å². The van der Waals surface area contributed by atoms with E-state index in [-0.39, 0.29) is 5.92 Å². The second-order valence-corrected chi connectivity index (χ2v) is 5.76. The molecule has 1 saturated carbocycles. The monoisotopic (exact) mass is 240 g/mol. The van der Waals surface area contributed by atoms with Gasteiger partial charge in [0, 0.05) is 6.04 Å². The Kier molecular flexibility index (Phi) is 4.05. The standard InChI is InChI=1S/C13H24N2O2/c1-14-6-3-10(4-7-14)5-8-15(2)12-9-11(12)13(16)17/h10-12H,3-9H2,1-2H3,(H,16,17). The second kappa shape index (κ2) is 5.36. The highest BCUT2D eigenvalue weighted by atomic mass is 16.4. The van der Waals surface area contributed by atoms with E-state index in [0.29, 0.717) is 6.04 Å². The summed E-state index contributed by atoms with van der Waals surface area (Å²) in [5, 5.41) is 8.89. The summed E-state index contributed by atoms with van der Waals surface area (Å²) in [6, 6.07) is 0.304. The number of likely N-dealkylation sites (tertiary alicyclic amines) is 1. The molecule has 2 atom stereocenters. The fourth-order valence-electron chi connectivity index (χ4n) is 2.84. The van der Waals surface area contributed by atoms with Crippen LogP contribution in [0.5, 0.6) is 0 Å². The van der Waals surface area contributed by atoms with Crippen LogP contribution < -0.4 is 0 Å². The molecule has 0 spiro atoms. The maximum Gasteiger partial charge on any atom is 0.308 e. The lowest BCUT2D eigenvalue weighted by Gasteiger charge is -2.30. The fraction of sp³-hybridized carbons (Fsp3) is 0.923. The zero-order valence-corrected chi connectivity index (χ0v) is 10.9. The molecule has 1 aliphatic carbocycles. The van der Waals surface area contributed by atoms with E-state index in [1.807, 2.05) is 0 Å². The molecule has 0 amide bonds. The van der Waals surface area contributed by atoms with Crippen LogP contribution in [0.1, 0.15) is 25.7 Å². The summed E-state index contributed by atoms with van der Waals surface area (Å²) in [4.78, 5) is 15.4. The first kappa shape index (κ1) is 12.8. The molecular formula is C13H24N2O2. The molecule has 2 aliphatic rings. The minimum atomic E-state index is -0.624. The predicted molar refractivity (Wildman–Crippen MR) is 67.0 cm³/mol. The summed E-state index contributed by atoms with van der Waals surface area (Å²) >= 11 is 0. The molecule has 1 N–H and O–H groups in total. The molecule has 0 aromatic rings. The van der Waals surface area contributed by atoms with Crippen molar-refractivity contribution in [2.45, 2.75) is 31.7 Å². The van der Waals surface area contributed by atoms with Gasteiger partial charge in [0.2, 0.25) is 0 Å². The Morgan fingerprint density at radius 1 is 1.41 bits per heavy atom. The highest BCUT2D eigenvalue weighted by Gasteiger charge is 2.45. The van der Waals surface area contributed by atoms with Crippen LogP contribution in [-0.4, -0.2) is 60.6 Å². The number of aliphatic carboxylic acids is 1. The smallest absolute Gasteiger partial charge is 0.308 e. The van der Waals surface area contributed by atoms with Gasteiger partial charge in [0.15, 0.2) is 0 Å². The first-order valence-corrected chi connectivity index (χ1v) is 6.69.